The highest BCUT2D eigenvalue weighted by molar-refractivity contribution is 5.92. The minimum absolute atomic E-state index is 0.0483. The third-order valence-electron chi connectivity index (χ3n) is 3.55. The standard InChI is InChI=1S/C16H29N5O6/c1-8(2)6-11(21-14(24)10(17)4-5-12(18)22)15(25)19-7-13(23)20-9(3)16(26)27/h8-11H,4-7,17H2,1-3H3,(H2,18,22)(H,19,25)(H,20,23)(H,21,24)(H,26,27). The van der Waals surface area contributed by atoms with Crippen LogP contribution in [0.25, 0.3) is 0 Å². The molecule has 0 fully saturated rings. The molecule has 0 saturated heterocycles. The van der Waals surface area contributed by atoms with Gasteiger partial charge in [-0.1, -0.05) is 13.8 Å². The van der Waals surface area contributed by atoms with Gasteiger partial charge in [0.15, 0.2) is 0 Å². The summed E-state index contributed by atoms with van der Waals surface area (Å²) in [5.74, 6) is -3.62. The van der Waals surface area contributed by atoms with E-state index < -0.39 is 54.3 Å². The molecule has 0 aromatic rings. The van der Waals surface area contributed by atoms with Crippen molar-refractivity contribution in [2.75, 3.05) is 6.54 Å². The molecule has 0 radical (unpaired) electrons. The second-order valence-corrected chi connectivity index (χ2v) is 6.65. The van der Waals surface area contributed by atoms with Gasteiger partial charge in [-0.25, -0.2) is 0 Å². The van der Waals surface area contributed by atoms with Gasteiger partial charge in [-0.05, 0) is 25.7 Å². The topological polar surface area (TPSA) is 194 Å². The van der Waals surface area contributed by atoms with Crippen LogP contribution >= 0.6 is 0 Å². The fraction of sp³-hybridized carbons (Fsp3) is 0.688. The maximum atomic E-state index is 12.3. The zero-order valence-electron chi connectivity index (χ0n) is 15.8. The van der Waals surface area contributed by atoms with Gasteiger partial charge in [-0.2, -0.15) is 0 Å². The van der Waals surface area contributed by atoms with E-state index in [0.717, 1.165) is 0 Å². The Hall–Kier alpha value is -2.69. The van der Waals surface area contributed by atoms with Crippen LogP contribution in [0.1, 0.15) is 40.0 Å². The van der Waals surface area contributed by atoms with Gasteiger partial charge in [0.25, 0.3) is 0 Å². The van der Waals surface area contributed by atoms with Crippen molar-refractivity contribution >= 4 is 29.6 Å². The lowest BCUT2D eigenvalue weighted by atomic mass is 10.0. The first-order valence-electron chi connectivity index (χ1n) is 8.58. The Morgan fingerprint density at radius 1 is 1.00 bits per heavy atom. The molecule has 0 spiro atoms. The van der Waals surface area contributed by atoms with E-state index in [0.29, 0.717) is 6.42 Å². The lowest BCUT2D eigenvalue weighted by Gasteiger charge is -2.22. The van der Waals surface area contributed by atoms with Crippen molar-refractivity contribution in [2.24, 2.45) is 17.4 Å². The Morgan fingerprint density at radius 2 is 1.59 bits per heavy atom. The maximum absolute atomic E-state index is 12.3. The highest BCUT2D eigenvalue weighted by atomic mass is 16.4. The van der Waals surface area contributed by atoms with Gasteiger partial charge < -0.3 is 32.5 Å². The van der Waals surface area contributed by atoms with Crippen LogP contribution in [0.15, 0.2) is 0 Å². The third kappa shape index (κ3) is 10.8. The molecule has 0 saturated carbocycles. The van der Waals surface area contributed by atoms with Crippen molar-refractivity contribution in [3.05, 3.63) is 0 Å². The van der Waals surface area contributed by atoms with Crippen LogP contribution in [0.2, 0.25) is 0 Å². The molecule has 0 rings (SSSR count). The zero-order valence-corrected chi connectivity index (χ0v) is 15.8. The van der Waals surface area contributed by atoms with Crippen molar-refractivity contribution in [1.29, 1.82) is 0 Å². The summed E-state index contributed by atoms with van der Waals surface area (Å²) in [6, 6.07) is -3.02. The molecule has 3 atom stereocenters. The molecule has 0 aliphatic rings. The zero-order chi connectivity index (χ0) is 21.1. The number of carbonyl (C=O) groups excluding carboxylic acids is 4. The lowest BCUT2D eigenvalue weighted by Crippen LogP contribution is -2.53. The normalized spacial score (nSPS) is 14.0. The Kier molecular flexibility index (Phi) is 10.7. The van der Waals surface area contributed by atoms with E-state index in [4.69, 9.17) is 16.6 Å². The van der Waals surface area contributed by atoms with Gasteiger partial charge in [0, 0.05) is 6.42 Å². The van der Waals surface area contributed by atoms with Gasteiger partial charge in [0.1, 0.15) is 12.1 Å². The number of aliphatic carboxylic acids is 1. The SMILES string of the molecule is CC(C)CC(NC(=O)C(N)CCC(N)=O)C(=O)NCC(=O)NC(C)C(=O)O. The van der Waals surface area contributed by atoms with Crippen LogP contribution in [0.3, 0.4) is 0 Å². The highest BCUT2D eigenvalue weighted by Gasteiger charge is 2.25. The van der Waals surface area contributed by atoms with E-state index in [-0.39, 0.29) is 18.8 Å². The van der Waals surface area contributed by atoms with Crippen molar-refractivity contribution in [2.45, 2.75) is 58.2 Å². The van der Waals surface area contributed by atoms with Gasteiger partial charge >= 0.3 is 5.97 Å². The number of nitrogens with two attached hydrogens (primary N) is 2. The third-order valence-corrected chi connectivity index (χ3v) is 3.55. The van der Waals surface area contributed by atoms with Gasteiger partial charge in [0.2, 0.25) is 23.6 Å². The Morgan fingerprint density at radius 3 is 2.07 bits per heavy atom. The van der Waals surface area contributed by atoms with E-state index in [1.54, 1.807) is 0 Å². The fourth-order valence-corrected chi connectivity index (χ4v) is 2.06. The van der Waals surface area contributed by atoms with Gasteiger partial charge in [-0.15, -0.1) is 0 Å². The van der Waals surface area contributed by atoms with Crippen molar-refractivity contribution in [1.82, 2.24) is 16.0 Å². The Bertz CT molecular complexity index is 566. The molecule has 0 aliphatic heterocycles. The molecule has 0 aromatic heterocycles. The number of carbonyl (C=O) groups is 5. The molecular formula is C16H29N5O6. The van der Waals surface area contributed by atoms with Crippen LogP contribution in [0.5, 0.6) is 0 Å². The number of carboxylic acids is 1. The molecule has 8 N–H and O–H groups in total. The second-order valence-electron chi connectivity index (χ2n) is 6.65. The molecule has 0 aromatic carbocycles. The summed E-state index contributed by atoms with van der Waals surface area (Å²) in [5, 5.41) is 15.8. The Balaban J connectivity index is 4.71. The van der Waals surface area contributed by atoms with E-state index in [1.807, 2.05) is 13.8 Å². The van der Waals surface area contributed by atoms with Crippen LogP contribution in [0.4, 0.5) is 0 Å². The summed E-state index contributed by atoms with van der Waals surface area (Å²) >= 11 is 0. The van der Waals surface area contributed by atoms with Crippen LogP contribution in [-0.2, 0) is 24.0 Å². The van der Waals surface area contributed by atoms with Crippen molar-refractivity contribution in [3.8, 4) is 0 Å². The first kappa shape index (κ1) is 24.3. The summed E-state index contributed by atoms with van der Waals surface area (Å²) in [6.45, 7) is 4.55. The summed E-state index contributed by atoms with van der Waals surface area (Å²) in [5.41, 5.74) is 10.7. The molecule has 154 valence electrons. The molecule has 0 heterocycles. The number of hydrogen-bond acceptors (Lipinski definition) is 6. The summed E-state index contributed by atoms with van der Waals surface area (Å²) in [7, 11) is 0. The van der Waals surface area contributed by atoms with E-state index >= 15 is 0 Å². The first-order valence-corrected chi connectivity index (χ1v) is 8.58. The maximum Gasteiger partial charge on any atom is 0.325 e. The largest absolute Gasteiger partial charge is 0.480 e. The van der Waals surface area contributed by atoms with Crippen molar-refractivity contribution in [3.63, 3.8) is 0 Å². The predicted molar refractivity (Wildman–Crippen MR) is 96.0 cm³/mol. The average molecular weight is 387 g/mol. The van der Waals surface area contributed by atoms with Gasteiger partial charge in [0.05, 0.1) is 12.6 Å². The number of hydrogen-bond donors (Lipinski definition) is 6. The van der Waals surface area contributed by atoms with E-state index in [9.17, 15) is 24.0 Å². The van der Waals surface area contributed by atoms with Gasteiger partial charge in [-0.3, -0.25) is 24.0 Å². The quantitative estimate of drug-likeness (QED) is 0.219. The minimum Gasteiger partial charge on any atom is -0.480 e. The summed E-state index contributed by atoms with van der Waals surface area (Å²) in [4.78, 5) is 57.5. The highest BCUT2D eigenvalue weighted by Crippen LogP contribution is 2.06. The van der Waals surface area contributed by atoms with Crippen molar-refractivity contribution < 1.29 is 29.1 Å². The molecule has 0 aliphatic carbocycles. The molecule has 27 heavy (non-hydrogen) atoms. The Labute approximate surface area is 157 Å². The predicted octanol–water partition coefficient (Wildman–Crippen LogP) is -2.18. The average Bonchev–Trinajstić information content (AvgIpc) is 2.55. The van der Waals surface area contributed by atoms with E-state index in [1.165, 1.54) is 6.92 Å². The number of amides is 4. The molecule has 0 bridgehead atoms. The lowest BCUT2D eigenvalue weighted by molar-refractivity contribution is -0.141. The molecular weight excluding hydrogens is 358 g/mol. The number of carboxylic acid groups (broad SMARTS) is 1. The molecule has 11 nitrogen and oxygen atoms in total. The molecule has 11 heteroatoms. The second kappa shape index (κ2) is 11.8. The fourth-order valence-electron chi connectivity index (χ4n) is 2.06. The van der Waals surface area contributed by atoms with Crippen LogP contribution < -0.4 is 27.4 Å². The smallest absolute Gasteiger partial charge is 0.325 e. The van der Waals surface area contributed by atoms with Crippen LogP contribution in [0, 0.1) is 5.92 Å². The monoisotopic (exact) mass is 387 g/mol. The minimum atomic E-state index is -1.20. The molecule has 3 unspecified atom stereocenters. The number of primary amides is 1. The summed E-state index contributed by atoms with van der Waals surface area (Å²) < 4.78 is 0. The number of rotatable bonds is 12. The van der Waals surface area contributed by atoms with Crippen LogP contribution in [-0.4, -0.2) is 59.4 Å². The molecule has 4 amide bonds. The first-order chi connectivity index (χ1) is 12.4. The summed E-state index contributed by atoms with van der Waals surface area (Å²) in [6.07, 6.45) is 0.289. The number of nitrogens with one attached hydrogen (secondary N) is 3. The van der Waals surface area contributed by atoms with E-state index in [2.05, 4.69) is 16.0 Å².